The Kier molecular flexibility index (Phi) is 7.28. The molecule has 0 aromatic heterocycles. The van der Waals surface area contributed by atoms with E-state index in [9.17, 15) is 4.79 Å². The van der Waals surface area contributed by atoms with Gasteiger partial charge in [0.25, 0.3) is 0 Å². The minimum Gasteiger partial charge on any atom is -0.461 e. The van der Waals surface area contributed by atoms with Crippen molar-refractivity contribution in [2.75, 3.05) is 18.6 Å². The lowest BCUT2D eigenvalue weighted by molar-refractivity contribution is -0.138. The van der Waals surface area contributed by atoms with E-state index in [-0.39, 0.29) is 11.2 Å². The molecule has 0 spiro atoms. The normalized spacial score (nSPS) is 12.2. The van der Waals surface area contributed by atoms with Gasteiger partial charge in [-0.3, -0.25) is 0 Å². The van der Waals surface area contributed by atoms with Crippen LogP contribution in [-0.4, -0.2) is 29.8 Å². The number of carbonyl (C=O) groups excluding carboxylic acids is 1. The summed E-state index contributed by atoms with van der Waals surface area (Å²) >= 11 is 6.05. The highest BCUT2D eigenvalue weighted by molar-refractivity contribution is 7.98. The lowest BCUT2D eigenvalue weighted by atomic mass is 10.3. The van der Waals surface area contributed by atoms with Crippen molar-refractivity contribution in [1.82, 2.24) is 0 Å². The maximum Gasteiger partial charge on any atom is 0.333 e. The zero-order chi connectivity index (χ0) is 10.3. The predicted molar refractivity (Wildman–Crippen MR) is 61.5 cm³/mol. The van der Waals surface area contributed by atoms with Crippen LogP contribution in [-0.2, 0) is 9.53 Å². The van der Waals surface area contributed by atoms with Gasteiger partial charge in [-0.25, -0.2) is 4.79 Å². The summed E-state index contributed by atoms with van der Waals surface area (Å²) in [4.78, 5) is 11.0. The van der Waals surface area contributed by atoms with Crippen LogP contribution in [0.25, 0.3) is 0 Å². The Morgan fingerprint density at radius 1 is 1.69 bits per heavy atom. The van der Waals surface area contributed by atoms with E-state index < -0.39 is 0 Å². The number of rotatable bonds is 6. The molecule has 0 rings (SSSR count). The first-order valence-electron chi connectivity index (χ1n) is 4.07. The van der Waals surface area contributed by atoms with Crippen molar-refractivity contribution in [2.45, 2.75) is 18.6 Å². The molecular formula is C9H16O2S2. The van der Waals surface area contributed by atoms with E-state index >= 15 is 0 Å². The number of hydrogen-bond acceptors (Lipinski definition) is 4. The largest absolute Gasteiger partial charge is 0.461 e. The molecule has 13 heavy (non-hydrogen) atoms. The van der Waals surface area contributed by atoms with Gasteiger partial charge >= 0.3 is 5.97 Å². The summed E-state index contributed by atoms with van der Waals surface area (Å²) < 4.78 is 4.94. The van der Waals surface area contributed by atoms with Crippen molar-refractivity contribution in [2.24, 2.45) is 0 Å². The summed E-state index contributed by atoms with van der Waals surface area (Å²) in [6, 6.07) is 0. The fourth-order valence-electron chi connectivity index (χ4n) is 0.632. The van der Waals surface area contributed by atoms with Crippen molar-refractivity contribution in [3.8, 4) is 0 Å². The third-order valence-electron chi connectivity index (χ3n) is 1.41. The van der Waals surface area contributed by atoms with Gasteiger partial charge in [-0.15, -0.1) is 0 Å². The number of thiol groups is 1. The molecule has 0 aromatic carbocycles. The Morgan fingerprint density at radius 3 is 2.77 bits per heavy atom. The topological polar surface area (TPSA) is 26.3 Å². The van der Waals surface area contributed by atoms with Crippen molar-refractivity contribution in [3.05, 3.63) is 12.2 Å². The Balaban J connectivity index is 3.51. The first-order chi connectivity index (χ1) is 6.07. The maximum atomic E-state index is 11.0. The van der Waals surface area contributed by atoms with Gasteiger partial charge in [0.1, 0.15) is 6.61 Å². The van der Waals surface area contributed by atoms with Crippen LogP contribution in [0.15, 0.2) is 12.2 Å². The van der Waals surface area contributed by atoms with E-state index in [0.717, 1.165) is 12.2 Å². The molecule has 2 nitrogen and oxygen atoms in total. The molecule has 0 amide bonds. The molecule has 0 aliphatic carbocycles. The fraction of sp³-hybridized carbons (Fsp3) is 0.667. The number of hydrogen-bond donors (Lipinski definition) is 1. The monoisotopic (exact) mass is 220 g/mol. The predicted octanol–water partition coefficient (Wildman–Crippen LogP) is 2.16. The van der Waals surface area contributed by atoms with Crippen LogP contribution in [0, 0.1) is 0 Å². The fourth-order valence-corrected chi connectivity index (χ4v) is 1.53. The molecule has 0 saturated carbocycles. The van der Waals surface area contributed by atoms with Gasteiger partial charge in [0.05, 0.1) is 0 Å². The lowest BCUT2D eigenvalue weighted by Crippen LogP contribution is -2.15. The van der Waals surface area contributed by atoms with Crippen LogP contribution in [0.1, 0.15) is 13.3 Å². The van der Waals surface area contributed by atoms with Crippen molar-refractivity contribution >= 4 is 30.4 Å². The first kappa shape index (κ1) is 12.9. The summed E-state index contributed by atoms with van der Waals surface area (Å²) in [6.07, 6.45) is 2.99. The molecule has 0 heterocycles. The second-order valence-corrected chi connectivity index (χ2v) is 4.53. The minimum absolute atomic E-state index is 0.135. The molecular weight excluding hydrogens is 204 g/mol. The van der Waals surface area contributed by atoms with Crippen LogP contribution in [0.3, 0.4) is 0 Å². The molecule has 1 unspecified atom stereocenters. The third-order valence-corrected chi connectivity index (χ3v) is 2.46. The quantitative estimate of drug-likeness (QED) is 0.422. The van der Waals surface area contributed by atoms with Crippen molar-refractivity contribution in [1.29, 1.82) is 0 Å². The zero-order valence-corrected chi connectivity index (χ0v) is 9.79. The van der Waals surface area contributed by atoms with Gasteiger partial charge in [0.15, 0.2) is 0 Å². The maximum absolute atomic E-state index is 11.0. The van der Waals surface area contributed by atoms with Crippen LogP contribution in [0.4, 0.5) is 0 Å². The molecule has 1 atom stereocenters. The highest BCUT2D eigenvalue weighted by atomic mass is 32.2. The summed E-state index contributed by atoms with van der Waals surface area (Å²) in [7, 11) is 0. The highest BCUT2D eigenvalue weighted by Crippen LogP contribution is 2.07. The lowest BCUT2D eigenvalue weighted by Gasteiger charge is -2.10. The van der Waals surface area contributed by atoms with Gasteiger partial charge < -0.3 is 4.74 Å². The number of esters is 1. The number of carbonyl (C=O) groups is 1. The zero-order valence-electron chi connectivity index (χ0n) is 8.08. The second kappa shape index (κ2) is 7.33. The molecule has 4 heteroatoms. The van der Waals surface area contributed by atoms with Gasteiger partial charge in [-0.1, -0.05) is 6.58 Å². The molecule has 0 fully saturated rings. The highest BCUT2D eigenvalue weighted by Gasteiger charge is 2.07. The molecule has 0 aliphatic heterocycles. The van der Waals surface area contributed by atoms with Gasteiger partial charge in [0.2, 0.25) is 0 Å². The van der Waals surface area contributed by atoms with Crippen LogP contribution < -0.4 is 0 Å². The van der Waals surface area contributed by atoms with Crippen LogP contribution >= 0.6 is 24.4 Å². The molecule has 0 saturated heterocycles. The first-order valence-corrected chi connectivity index (χ1v) is 5.98. The van der Waals surface area contributed by atoms with Crippen LogP contribution in [0.2, 0.25) is 0 Å². The average molecular weight is 220 g/mol. The third kappa shape index (κ3) is 7.02. The van der Waals surface area contributed by atoms with Crippen molar-refractivity contribution < 1.29 is 9.53 Å². The number of ether oxygens (including phenoxy) is 1. The molecule has 0 bridgehead atoms. The summed E-state index contributed by atoms with van der Waals surface area (Å²) in [5, 5.41) is 0.135. The summed E-state index contributed by atoms with van der Waals surface area (Å²) in [5.41, 5.74) is 0.436. The van der Waals surface area contributed by atoms with E-state index in [1.807, 2.05) is 6.26 Å². The van der Waals surface area contributed by atoms with E-state index in [1.165, 1.54) is 0 Å². The van der Waals surface area contributed by atoms with Gasteiger partial charge in [-0.2, -0.15) is 24.4 Å². The Hall–Kier alpha value is -0.0900. The molecule has 0 radical (unpaired) electrons. The molecule has 0 aliphatic rings. The smallest absolute Gasteiger partial charge is 0.333 e. The Morgan fingerprint density at radius 2 is 2.31 bits per heavy atom. The minimum atomic E-state index is -0.330. The van der Waals surface area contributed by atoms with E-state index in [1.54, 1.807) is 18.7 Å². The SMILES string of the molecule is C=C(C)C(=O)OCC(S)CCSC. The van der Waals surface area contributed by atoms with Gasteiger partial charge in [0, 0.05) is 10.8 Å². The van der Waals surface area contributed by atoms with Gasteiger partial charge in [-0.05, 0) is 25.4 Å². The Bertz CT molecular complexity index is 180. The molecule has 76 valence electrons. The Labute approximate surface area is 89.5 Å². The second-order valence-electron chi connectivity index (χ2n) is 2.81. The number of thioether (sulfide) groups is 1. The van der Waals surface area contributed by atoms with E-state index in [4.69, 9.17) is 4.74 Å². The van der Waals surface area contributed by atoms with E-state index in [2.05, 4.69) is 19.2 Å². The van der Waals surface area contributed by atoms with Crippen LogP contribution in [0.5, 0.6) is 0 Å². The summed E-state index contributed by atoms with van der Waals surface area (Å²) in [5.74, 6) is 0.710. The molecule has 0 N–H and O–H groups in total. The van der Waals surface area contributed by atoms with Crippen molar-refractivity contribution in [3.63, 3.8) is 0 Å². The average Bonchev–Trinajstić information content (AvgIpc) is 2.10. The van der Waals surface area contributed by atoms with E-state index in [0.29, 0.717) is 12.2 Å². The molecule has 0 aromatic rings. The standard InChI is InChI=1S/C9H16O2S2/c1-7(2)9(10)11-6-8(12)4-5-13-3/h8,12H,1,4-6H2,2-3H3. The summed E-state index contributed by atoms with van der Waals surface area (Å²) in [6.45, 7) is 5.50.